The van der Waals surface area contributed by atoms with Crippen LogP contribution in [0.4, 0.5) is 17.1 Å². The highest BCUT2D eigenvalue weighted by atomic mass is 79.9. The van der Waals surface area contributed by atoms with Crippen LogP contribution in [0.3, 0.4) is 0 Å². The van der Waals surface area contributed by atoms with Gasteiger partial charge in [0.25, 0.3) is 0 Å². The number of nitrogens with zero attached hydrogens (tertiary/aromatic N) is 1. The predicted molar refractivity (Wildman–Crippen MR) is 130 cm³/mol. The summed E-state index contributed by atoms with van der Waals surface area (Å²) < 4.78 is 1.02. The number of nitrogens with two attached hydrogens (primary N) is 1. The molecule has 0 aliphatic carbocycles. The predicted octanol–water partition coefficient (Wildman–Crippen LogP) is 7.86. The third-order valence-corrected chi connectivity index (χ3v) is 6.07. The number of unbranched alkanes of at least 4 members (excludes halogenated alkanes) is 2. The van der Waals surface area contributed by atoms with Crippen molar-refractivity contribution < 1.29 is 0 Å². The Labute approximate surface area is 183 Å². The van der Waals surface area contributed by atoms with Crippen LogP contribution in [0.2, 0.25) is 0 Å². The summed E-state index contributed by atoms with van der Waals surface area (Å²) in [4.78, 5) is 4.46. The van der Waals surface area contributed by atoms with E-state index in [2.05, 4.69) is 70.4 Å². The largest absolute Gasteiger partial charge is 0.396 e. The molecule has 0 saturated carbocycles. The molecule has 2 aromatic carbocycles. The van der Waals surface area contributed by atoms with E-state index in [9.17, 15) is 0 Å². The van der Waals surface area contributed by atoms with Crippen LogP contribution in [-0.4, -0.2) is 4.98 Å². The number of aryl methyl sites for hydroxylation is 1. The van der Waals surface area contributed by atoms with Crippen molar-refractivity contribution in [2.24, 2.45) is 5.92 Å². The first-order valence-corrected chi connectivity index (χ1v) is 11.6. The topological polar surface area (TPSA) is 50.9 Å². The Kier molecular flexibility index (Phi) is 7.93. The minimum absolute atomic E-state index is 0.662. The highest BCUT2D eigenvalue weighted by Crippen LogP contribution is 2.34. The van der Waals surface area contributed by atoms with Crippen molar-refractivity contribution in [1.82, 2.24) is 4.98 Å². The number of hydrogen-bond donors (Lipinski definition) is 2. The van der Waals surface area contributed by atoms with Gasteiger partial charge in [0.05, 0.1) is 23.1 Å². The molecular weight excluding hydrogens is 422 g/mol. The van der Waals surface area contributed by atoms with E-state index in [-0.39, 0.29) is 0 Å². The smallest absolute Gasteiger partial charge is 0.0746 e. The molecule has 0 saturated heterocycles. The van der Waals surface area contributed by atoms with Crippen molar-refractivity contribution in [1.29, 1.82) is 0 Å². The van der Waals surface area contributed by atoms with Gasteiger partial charge in [0.1, 0.15) is 0 Å². The van der Waals surface area contributed by atoms with E-state index in [4.69, 9.17) is 5.73 Å². The fraction of sp³-hybridized carbons (Fsp3) is 0.400. The molecule has 3 rings (SSSR count). The summed E-state index contributed by atoms with van der Waals surface area (Å²) in [5, 5.41) is 4.63. The molecule has 0 aliphatic heterocycles. The van der Waals surface area contributed by atoms with Crippen LogP contribution in [0.1, 0.15) is 57.9 Å². The first kappa shape index (κ1) is 21.6. The van der Waals surface area contributed by atoms with Crippen molar-refractivity contribution >= 4 is 43.9 Å². The summed E-state index contributed by atoms with van der Waals surface area (Å²) in [6, 6.07) is 14.6. The van der Waals surface area contributed by atoms with Crippen molar-refractivity contribution in [2.45, 2.75) is 58.8 Å². The van der Waals surface area contributed by atoms with Crippen LogP contribution in [-0.2, 0) is 6.42 Å². The Bertz CT molecular complexity index is 933. The normalized spacial score (nSPS) is 12.2. The van der Waals surface area contributed by atoms with E-state index in [0.717, 1.165) is 39.1 Å². The van der Waals surface area contributed by atoms with E-state index in [0.29, 0.717) is 5.69 Å². The number of benzene rings is 2. The lowest BCUT2D eigenvalue weighted by Crippen LogP contribution is -2.02. The Morgan fingerprint density at radius 1 is 1.07 bits per heavy atom. The monoisotopic (exact) mass is 453 g/mol. The second-order valence-electron chi connectivity index (χ2n) is 8.03. The Hall–Kier alpha value is -2.07. The van der Waals surface area contributed by atoms with Gasteiger partial charge in [-0.2, -0.15) is 0 Å². The zero-order chi connectivity index (χ0) is 20.6. The number of aromatic nitrogens is 1. The van der Waals surface area contributed by atoms with Crippen LogP contribution < -0.4 is 11.1 Å². The average molecular weight is 454 g/mol. The van der Waals surface area contributed by atoms with Gasteiger partial charge < -0.3 is 11.1 Å². The summed E-state index contributed by atoms with van der Waals surface area (Å²) in [6.45, 7) is 4.66. The molecule has 3 aromatic rings. The third kappa shape index (κ3) is 5.96. The highest BCUT2D eigenvalue weighted by Gasteiger charge is 2.11. The van der Waals surface area contributed by atoms with Gasteiger partial charge >= 0.3 is 0 Å². The van der Waals surface area contributed by atoms with Gasteiger partial charge in [-0.15, -0.1) is 0 Å². The SMILES string of the molecule is CCCCCC(C)CCCc1ccccc1Nc1c(N)cnc2ccc(Br)cc12. The first-order chi connectivity index (χ1) is 14.1. The number of hydrogen-bond acceptors (Lipinski definition) is 3. The number of rotatable bonds is 10. The third-order valence-electron chi connectivity index (χ3n) is 5.58. The minimum Gasteiger partial charge on any atom is -0.396 e. The number of pyridine rings is 1. The molecule has 3 N–H and O–H groups in total. The number of para-hydroxylation sites is 1. The molecule has 1 unspecified atom stereocenters. The lowest BCUT2D eigenvalue weighted by atomic mass is 9.95. The average Bonchev–Trinajstić information content (AvgIpc) is 2.71. The molecule has 0 aliphatic rings. The quantitative estimate of drug-likeness (QED) is 0.307. The summed E-state index contributed by atoms with van der Waals surface area (Å²) in [5.74, 6) is 0.804. The van der Waals surface area contributed by atoms with Gasteiger partial charge in [0, 0.05) is 15.5 Å². The van der Waals surface area contributed by atoms with Gasteiger partial charge in [0.15, 0.2) is 0 Å². The molecule has 1 heterocycles. The molecule has 154 valence electrons. The molecule has 0 fully saturated rings. The van der Waals surface area contributed by atoms with Crippen LogP contribution in [0.15, 0.2) is 53.1 Å². The van der Waals surface area contributed by atoms with Crippen molar-refractivity contribution in [3.8, 4) is 0 Å². The summed E-state index contributed by atoms with van der Waals surface area (Å²) in [7, 11) is 0. The van der Waals surface area contributed by atoms with Crippen LogP contribution in [0, 0.1) is 5.92 Å². The van der Waals surface area contributed by atoms with Crippen molar-refractivity contribution in [3.05, 3.63) is 58.7 Å². The van der Waals surface area contributed by atoms with E-state index in [1.54, 1.807) is 6.20 Å². The fourth-order valence-electron chi connectivity index (χ4n) is 3.84. The molecule has 0 bridgehead atoms. The van der Waals surface area contributed by atoms with Gasteiger partial charge in [-0.3, -0.25) is 4.98 Å². The lowest BCUT2D eigenvalue weighted by Gasteiger charge is -2.16. The maximum Gasteiger partial charge on any atom is 0.0746 e. The minimum atomic E-state index is 0.662. The number of anilines is 3. The Morgan fingerprint density at radius 2 is 1.86 bits per heavy atom. The van der Waals surface area contributed by atoms with E-state index in [1.165, 1.54) is 44.1 Å². The van der Waals surface area contributed by atoms with Gasteiger partial charge in [-0.25, -0.2) is 0 Å². The van der Waals surface area contributed by atoms with Crippen molar-refractivity contribution in [3.63, 3.8) is 0 Å². The number of fused-ring (bicyclic) bond motifs is 1. The fourth-order valence-corrected chi connectivity index (χ4v) is 4.20. The second kappa shape index (κ2) is 10.6. The van der Waals surface area contributed by atoms with Crippen molar-refractivity contribution in [2.75, 3.05) is 11.1 Å². The van der Waals surface area contributed by atoms with Gasteiger partial charge in [-0.05, 0) is 48.6 Å². The Morgan fingerprint density at radius 3 is 2.69 bits per heavy atom. The summed E-state index contributed by atoms with van der Waals surface area (Å²) in [5.41, 5.74) is 11.3. The maximum absolute atomic E-state index is 6.29. The van der Waals surface area contributed by atoms with Crippen LogP contribution in [0.25, 0.3) is 10.9 Å². The van der Waals surface area contributed by atoms with E-state index in [1.807, 2.05) is 12.1 Å². The summed E-state index contributed by atoms with van der Waals surface area (Å²) >= 11 is 3.56. The molecule has 0 spiro atoms. The van der Waals surface area contributed by atoms with Crippen LogP contribution in [0.5, 0.6) is 0 Å². The molecule has 3 nitrogen and oxygen atoms in total. The van der Waals surface area contributed by atoms with Crippen LogP contribution >= 0.6 is 15.9 Å². The molecule has 1 atom stereocenters. The number of nitrogens with one attached hydrogen (secondary N) is 1. The first-order valence-electron chi connectivity index (χ1n) is 10.8. The number of nitrogen functional groups attached to an aromatic ring is 1. The standard InChI is InChI=1S/C25H32BrN3/c1-3-4-5-9-18(2)10-8-12-19-11-6-7-13-23(19)29-25-21-16-20(26)14-15-24(21)28-17-22(25)27/h6-7,11,13-18H,3-5,8-10,12,27H2,1-2H3,(H,28,29). The van der Waals surface area contributed by atoms with Gasteiger partial charge in [0.2, 0.25) is 0 Å². The van der Waals surface area contributed by atoms with E-state index >= 15 is 0 Å². The molecule has 0 radical (unpaired) electrons. The number of halogens is 1. The van der Waals surface area contributed by atoms with Gasteiger partial charge in [-0.1, -0.05) is 80.1 Å². The second-order valence-corrected chi connectivity index (χ2v) is 8.94. The lowest BCUT2D eigenvalue weighted by molar-refractivity contribution is 0.451. The molecule has 4 heteroatoms. The molecular formula is C25H32BrN3. The zero-order valence-electron chi connectivity index (χ0n) is 17.5. The zero-order valence-corrected chi connectivity index (χ0v) is 19.1. The molecule has 0 amide bonds. The summed E-state index contributed by atoms with van der Waals surface area (Å²) in [6.07, 6.45) is 10.7. The molecule has 1 aromatic heterocycles. The molecule has 29 heavy (non-hydrogen) atoms. The van der Waals surface area contributed by atoms with E-state index < -0.39 is 0 Å². The maximum atomic E-state index is 6.29. The highest BCUT2D eigenvalue weighted by molar-refractivity contribution is 9.10. The Balaban J connectivity index is 1.72.